The van der Waals surface area contributed by atoms with E-state index < -0.39 is 42.0 Å². The second kappa shape index (κ2) is 16.0. The molecule has 0 saturated heterocycles. The fourth-order valence-electron chi connectivity index (χ4n) is 4.30. The van der Waals surface area contributed by atoms with Gasteiger partial charge < -0.3 is 26.0 Å². The number of carbonyl (C=O) groups is 4. The van der Waals surface area contributed by atoms with E-state index in [0.29, 0.717) is 12.0 Å². The van der Waals surface area contributed by atoms with Crippen molar-refractivity contribution in [2.45, 2.75) is 117 Å². The number of nitrogens with zero attached hydrogens (tertiary/aromatic N) is 1. The Hall–Kier alpha value is -3.10. The summed E-state index contributed by atoms with van der Waals surface area (Å²) in [5.41, 5.74) is 6.20. The summed E-state index contributed by atoms with van der Waals surface area (Å²) in [5, 5.41) is 5.58. The number of carbonyl (C=O) groups excluding carboxylic acids is 4. The van der Waals surface area contributed by atoms with Crippen molar-refractivity contribution in [3.05, 3.63) is 35.4 Å². The van der Waals surface area contributed by atoms with Crippen LogP contribution >= 0.6 is 0 Å². The summed E-state index contributed by atoms with van der Waals surface area (Å²) in [4.78, 5) is 53.8. The minimum atomic E-state index is -1.28. The number of primary amides is 1. The molecule has 9 nitrogen and oxygen atoms in total. The van der Waals surface area contributed by atoms with Gasteiger partial charge in [0.2, 0.25) is 17.7 Å². The van der Waals surface area contributed by atoms with Crippen molar-refractivity contribution in [3.8, 4) is 0 Å². The van der Waals surface area contributed by atoms with Gasteiger partial charge in [0.25, 0.3) is 0 Å². The summed E-state index contributed by atoms with van der Waals surface area (Å²) >= 11 is 0. The Kier molecular flexibility index (Phi) is 13.9. The van der Waals surface area contributed by atoms with Gasteiger partial charge in [-0.05, 0) is 58.6 Å². The van der Waals surface area contributed by atoms with Crippen LogP contribution in [0.15, 0.2) is 24.3 Å². The van der Waals surface area contributed by atoms with E-state index in [-0.39, 0.29) is 18.5 Å². The highest BCUT2D eigenvalue weighted by Gasteiger charge is 2.37. The van der Waals surface area contributed by atoms with Crippen LogP contribution in [0.3, 0.4) is 0 Å². The monoisotopic (exact) mass is 532 g/mol. The largest absolute Gasteiger partial charge is 0.444 e. The molecule has 0 fully saturated rings. The first-order valence-electron chi connectivity index (χ1n) is 13.7. The fourth-order valence-corrected chi connectivity index (χ4v) is 4.30. The maximum Gasteiger partial charge on any atom is 0.408 e. The molecule has 0 aliphatic heterocycles. The third kappa shape index (κ3) is 11.5. The number of unbranched alkanes of at least 4 members (excludes halogenated alkanes) is 3. The number of benzene rings is 1. The van der Waals surface area contributed by atoms with E-state index in [2.05, 4.69) is 17.6 Å². The molecule has 0 aliphatic rings. The molecule has 0 aromatic heterocycles. The molecule has 1 aromatic rings. The second-order valence-electron chi connectivity index (χ2n) is 10.9. The van der Waals surface area contributed by atoms with Gasteiger partial charge in [-0.25, -0.2) is 4.79 Å². The summed E-state index contributed by atoms with van der Waals surface area (Å²) in [5.74, 6) is -1.62. The molecule has 0 radical (unpaired) electrons. The average Bonchev–Trinajstić information content (AvgIpc) is 2.79. The van der Waals surface area contributed by atoms with Crippen LogP contribution in [0.2, 0.25) is 0 Å². The van der Waals surface area contributed by atoms with E-state index in [1.807, 2.05) is 45.0 Å². The molecule has 0 aliphatic carbocycles. The minimum absolute atomic E-state index is 0.0858. The lowest BCUT2D eigenvalue weighted by molar-refractivity contribution is -0.143. The van der Waals surface area contributed by atoms with Crippen molar-refractivity contribution < 1.29 is 23.9 Å². The van der Waals surface area contributed by atoms with Gasteiger partial charge in [0.05, 0.1) is 6.42 Å². The quantitative estimate of drug-likeness (QED) is 0.286. The SMILES string of the molecule is CCCCCCN(C(=O)C(CC(N)=O)NC(=O)OC(C)(C)C)C(C(=O)NC(C)CCC)c1ccccc1C. The lowest BCUT2D eigenvalue weighted by Crippen LogP contribution is -2.54. The number of nitrogens with one attached hydrogen (secondary N) is 2. The zero-order valence-electron chi connectivity index (χ0n) is 24.3. The van der Waals surface area contributed by atoms with Crippen LogP contribution in [0.4, 0.5) is 4.79 Å². The van der Waals surface area contributed by atoms with Gasteiger partial charge in [-0.2, -0.15) is 0 Å². The highest BCUT2D eigenvalue weighted by atomic mass is 16.6. The highest BCUT2D eigenvalue weighted by Crippen LogP contribution is 2.27. The lowest BCUT2D eigenvalue weighted by Gasteiger charge is -2.35. The smallest absolute Gasteiger partial charge is 0.408 e. The van der Waals surface area contributed by atoms with Gasteiger partial charge in [0, 0.05) is 12.6 Å². The molecule has 3 atom stereocenters. The van der Waals surface area contributed by atoms with Gasteiger partial charge in [-0.3, -0.25) is 14.4 Å². The summed E-state index contributed by atoms with van der Waals surface area (Å²) in [6.45, 7) is 13.3. The summed E-state index contributed by atoms with van der Waals surface area (Å²) in [6, 6.07) is 5.13. The maximum atomic E-state index is 14.1. The molecule has 9 heteroatoms. The number of amides is 4. The molecule has 0 bridgehead atoms. The highest BCUT2D eigenvalue weighted by molar-refractivity contribution is 5.94. The van der Waals surface area contributed by atoms with Crippen LogP contribution in [0.1, 0.15) is 104 Å². The van der Waals surface area contributed by atoms with Crippen molar-refractivity contribution in [3.63, 3.8) is 0 Å². The second-order valence-corrected chi connectivity index (χ2v) is 10.9. The predicted octanol–water partition coefficient (Wildman–Crippen LogP) is 4.52. The van der Waals surface area contributed by atoms with Crippen LogP contribution in [-0.4, -0.2) is 52.9 Å². The Morgan fingerprint density at radius 2 is 1.66 bits per heavy atom. The van der Waals surface area contributed by atoms with Gasteiger partial charge in [0.15, 0.2) is 0 Å². The number of hydrogen-bond acceptors (Lipinski definition) is 5. The first kappa shape index (κ1) is 32.9. The third-order valence-corrected chi connectivity index (χ3v) is 6.08. The molecular formula is C29H48N4O5. The van der Waals surface area contributed by atoms with Crippen LogP contribution in [-0.2, 0) is 19.1 Å². The normalized spacial score (nSPS) is 13.7. The average molecular weight is 533 g/mol. The van der Waals surface area contributed by atoms with Crippen molar-refractivity contribution in [1.82, 2.24) is 15.5 Å². The zero-order valence-corrected chi connectivity index (χ0v) is 24.3. The molecule has 38 heavy (non-hydrogen) atoms. The Morgan fingerprint density at radius 3 is 2.21 bits per heavy atom. The lowest BCUT2D eigenvalue weighted by atomic mass is 9.97. The third-order valence-electron chi connectivity index (χ3n) is 6.08. The predicted molar refractivity (Wildman–Crippen MR) is 149 cm³/mol. The van der Waals surface area contributed by atoms with Crippen LogP contribution in [0.25, 0.3) is 0 Å². The van der Waals surface area contributed by atoms with E-state index in [1.54, 1.807) is 20.8 Å². The maximum absolute atomic E-state index is 14.1. The van der Waals surface area contributed by atoms with Gasteiger partial charge >= 0.3 is 6.09 Å². The van der Waals surface area contributed by atoms with E-state index in [0.717, 1.165) is 37.7 Å². The zero-order chi connectivity index (χ0) is 28.9. The standard InChI is InChI=1S/C29H48N4O5/c1-8-10-11-14-18-33(27(36)23(19-24(30)34)32-28(37)38-29(5,6)7)25(22-17-13-12-16-20(22)3)26(35)31-21(4)15-9-2/h12-13,16-17,21,23,25H,8-11,14-15,18-19H2,1-7H3,(H2,30,34)(H,31,35)(H,32,37). The molecule has 4 amide bonds. The molecule has 0 spiro atoms. The Morgan fingerprint density at radius 1 is 1.00 bits per heavy atom. The number of rotatable bonds is 15. The van der Waals surface area contributed by atoms with E-state index in [1.165, 1.54) is 4.90 Å². The van der Waals surface area contributed by atoms with E-state index in [9.17, 15) is 19.2 Å². The molecular weight excluding hydrogens is 484 g/mol. The first-order chi connectivity index (χ1) is 17.8. The van der Waals surface area contributed by atoms with Crippen molar-refractivity contribution >= 4 is 23.8 Å². The van der Waals surface area contributed by atoms with Gasteiger partial charge in [0.1, 0.15) is 17.7 Å². The number of ether oxygens (including phenoxy) is 1. The molecule has 0 saturated carbocycles. The van der Waals surface area contributed by atoms with Crippen LogP contribution in [0, 0.1) is 6.92 Å². The fraction of sp³-hybridized carbons (Fsp3) is 0.655. The number of hydrogen-bond donors (Lipinski definition) is 3. The summed E-state index contributed by atoms with van der Waals surface area (Å²) in [7, 11) is 0. The molecule has 4 N–H and O–H groups in total. The molecule has 214 valence electrons. The van der Waals surface area contributed by atoms with Gasteiger partial charge in [-0.1, -0.05) is 63.8 Å². The van der Waals surface area contributed by atoms with E-state index in [4.69, 9.17) is 10.5 Å². The van der Waals surface area contributed by atoms with Crippen molar-refractivity contribution in [2.24, 2.45) is 5.73 Å². The van der Waals surface area contributed by atoms with E-state index >= 15 is 0 Å². The van der Waals surface area contributed by atoms with Crippen molar-refractivity contribution in [1.29, 1.82) is 0 Å². The molecule has 1 rings (SSSR count). The number of aryl methyl sites for hydroxylation is 1. The van der Waals surface area contributed by atoms with Gasteiger partial charge in [-0.15, -0.1) is 0 Å². The Balaban J connectivity index is 3.52. The van der Waals surface area contributed by atoms with Crippen LogP contribution in [0.5, 0.6) is 0 Å². The topological polar surface area (TPSA) is 131 Å². The number of alkyl carbamates (subject to hydrolysis) is 1. The molecule has 3 unspecified atom stereocenters. The number of nitrogens with two attached hydrogens (primary N) is 1. The summed E-state index contributed by atoms with van der Waals surface area (Å²) < 4.78 is 5.33. The Bertz CT molecular complexity index is 928. The van der Waals surface area contributed by atoms with Crippen LogP contribution < -0.4 is 16.4 Å². The first-order valence-corrected chi connectivity index (χ1v) is 13.7. The minimum Gasteiger partial charge on any atom is -0.444 e. The molecule has 1 aromatic carbocycles. The molecule has 0 heterocycles. The summed E-state index contributed by atoms with van der Waals surface area (Å²) in [6.07, 6.45) is 3.96. The Labute approximate surface area is 228 Å². The van der Waals surface area contributed by atoms with Crippen molar-refractivity contribution in [2.75, 3.05) is 6.54 Å².